The molecule has 0 aliphatic carbocycles. The molecule has 0 aliphatic rings. The van der Waals surface area contributed by atoms with Gasteiger partial charge in [0.2, 0.25) is 0 Å². The summed E-state index contributed by atoms with van der Waals surface area (Å²) >= 11 is 0. The van der Waals surface area contributed by atoms with Gasteiger partial charge in [-0.3, -0.25) is 4.79 Å². The monoisotopic (exact) mass is 436 g/mol. The summed E-state index contributed by atoms with van der Waals surface area (Å²) in [6.45, 7) is 0.288. The molecule has 5 rings (SSSR count). The van der Waals surface area contributed by atoms with Crippen LogP contribution < -0.4 is 10.1 Å². The molecule has 0 saturated carbocycles. The highest BCUT2D eigenvalue weighted by Crippen LogP contribution is 2.27. The number of hydrogen-bond acceptors (Lipinski definition) is 7. The number of aromatic amines is 1. The van der Waals surface area contributed by atoms with Crippen LogP contribution in [-0.4, -0.2) is 36.1 Å². The lowest BCUT2D eigenvalue weighted by molar-refractivity contribution is 0.102. The first-order valence-electron chi connectivity index (χ1n) is 9.93. The van der Waals surface area contributed by atoms with Gasteiger partial charge in [-0.05, 0) is 64.5 Å². The van der Waals surface area contributed by atoms with E-state index in [1.165, 1.54) is 11.0 Å². The van der Waals surface area contributed by atoms with Crippen LogP contribution in [0.2, 0.25) is 0 Å². The molecule has 0 bridgehead atoms. The predicted molar refractivity (Wildman–Crippen MR) is 119 cm³/mol. The maximum Gasteiger partial charge on any atom is 0.255 e. The average molecular weight is 436 g/mol. The van der Waals surface area contributed by atoms with E-state index in [1.807, 2.05) is 18.2 Å². The van der Waals surface area contributed by atoms with E-state index in [2.05, 4.69) is 36.9 Å². The SMILES string of the molecule is N#Cc1ccc(COc2ccc(NC(=O)c3ccc4[nH]cnc4c3)cc2-n2cnnn2)cc1. The summed E-state index contributed by atoms with van der Waals surface area (Å²) < 4.78 is 7.44. The predicted octanol–water partition coefficient (Wildman–Crippen LogP) is 3.24. The fraction of sp³-hybridized carbons (Fsp3) is 0.0435. The molecule has 10 heteroatoms. The van der Waals surface area contributed by atoms with E-state index in [-0.39, 0.29) is 12.5 Å². The molecule has 33 heavy (non-hydrogen) atoms. The first-order valence-corrected chi connectivity index (χ1v) is 9.93. The fourth-order valence-electron chi connectivity index (χ4n) is 3.28. The number of tetrazole rings is 1. The van der Waals surface area contributed by atoms with Crippen LogP contribution in [0.5, 0.6) is 5.75 Å². The average Bonchev–Trinajstić information content (AvgIpc) is 3.55. The maximum atomic E-state index is 12.8. The van der Waals surface area contributed by atoms with Gasteiger partial charge in [-0.15, -0.1) is 5.10 Å². The topological polar surface area (TPSA) is 134 Å². The summed E-state index contributed by atoms with van der Waals surface area (Å²) in [6.07, 6.45) is 3.03. The molecule has 0 saturated heterocycles. The van der Waals surface area contributed by atoms with Gasteiger partial charge in [0, 0.05) is 11.3 Å². The Labute approximate surface area is 187 Å². The number of carbonyl (C=O) groups is 1. The summed E-state index contributed by atoms with van der Waals surface area (Å²) in [5.74, 6) is 0.261. The smallest absolute Gasteiger partial charge is 0.255 e. The van der Waals surface area contributed by atoms with Crippen molar-refractivity contribution in [1.29, 1.82) is 5.26 Å². The standard InChI is InChI=1S/C23H16N8O2/c24-11-15-1-3-16(4-2-15)12-33-22-8-6-18(10-21(22)31-14-27-29-30-31)28-23(32)17-5-7-19-20(9-17)26-13-25-19/h1-10,13-14H,12H2,(H,25,26)(H,28,32). The molecule has 2 heterocycles. The van der Waals surface area contributed by atoms with Gasteiger partial charge < -0.3 is 15.0 Å². The molecule has 3 aromatic carbocycles. The Bertz CT molecular complexity index is 1470. The van der Waals surface area contributed by atoms with Crippen molar-refractivity contribution in [2.75, 3.05) is 5.32 Å². The zero-order valence-corrected chi connectivity index (χ0v) is 17.1. The van der Waals surface area contributed by atoms with E-state index < -0.39 is 0 Å². The van der Waals surface area contributed by atoms with Gasteiger partial charge in [-0.2, -0.15) is 9.94 Å². The normalized spacial score (nSPS) is 10.6. The molecule has 10 nitrogen and oxygen atoms in total. The number of carbonyl (C=O) groups excluding carboxylic acids is 1. The van der Waals surface area contributed by atoms with Gasteiger partial charge in [0.05, 0.1) is 29.0 Å². The Morgan fingerprint density at radius 3 is 2.79 bits per heavy atom. The van der Waals surface area contributed by atoms with Crippen LogP contribution in [0.4, 0.5) is 5.69 Å². The Hall–Kier alpha value is -5.04. The van der Waals surface area contributed by atoms with Crippen LogP contribution in [0.25, 0.3) is 16.7 Å². The van der Waals surface area contributed by atoms with Crippen molar-refractivity contribution >= 4 is 22.6 Å². The van der Waals surface area contributed by atoms with Crippen LogP contribution in [0, 0.1) is 11.3 Å². The molecule has 160 valence electrons. The van der Waals surface area contributed by atoms with Crippen molar-refractivity contribution < 1.29 is 9.53 Å². The third kappa shape index (κ3) is 4.24. The minimum absolute atomic E-state index is 0.270. The number of hydrogen-bond donors (Lipinski definition) is 2. The van der Waals surface area contributed by atoms with Crippen LogP contribution in [-0.2, 0) is 6.61 Å². The number of anilines is 1. The molecule has 0 unspecified atom stereocenters. The van der Waals surface area contributed by atoms with E-state index in [9.17, 15) is 4.79 Å². The van der Waals surface area contributed by atoms with Crippen molar-refractivity contribution in [2.45, 2.75) is 6.61 Å². The molecule has 0 aliphatic heterocycles. The molecule has 0 radical (unpaired) electrons. The zero-order chi connectivity index (χ0) is 22.6. The van der Waals surface area contributed by atoms with Gasteiger partial charge in [0.1, 0.15) is 24.4 Å². The summed E-state index contributed by atoms with van der Waals surface area (Å²) in [4.78, 5) is 20.0. The van der Waals surface area contributed by atoms with E-state index in [0.717, 1.165) is 11.1 Å². The number of ether oxygens (including phenoxy) is 1. The number of aromatic nitrogens is 6. The minimum atomic E-state index is -0.270. The third-order valence-corrected chi connectivity index (χ3v) is 4.97. The van der Waals surface area contributed by atoms with E-state index in [4.69, 9.17) is 10.00 Å². The highest BCUT2D eigenvalue weighted by Gasteiger charge is 2.13. The third-order valence-electron chi connectivity index (χ3n) is 4.97. The van der Waals surface area contributed by atoms with Gasteiger partial charge >= 0.3 is 0 Å². The highest BCUT2D eigenvalue weighted by molar-refractivity contribution is 6.06. The molecule has 0 spiro atoms. The van der Waals surface area contributed by atoms with Crippen LogP contribution >= 0.6 is 0 Å². The second kappa shape index (κ2) is 8.60. The van der Waals surface area contributed by atoms with Crippen molar-refractivity contribution in [3.8, 4) is 17.5 Å². The lowest BCUT2D eigenvalue weighted by Crippen LogP contribution is -2.12. The summed E-state index contributed by atoms with van der Waals surface area (Å²) in [5, 5.41) is 23.1. The molecule has 2 aromatic heterocycles. The van der Waals surface area contributed by atoms with Gasteiger partial charge in [0.15, 0.2) is 0 Å². The molecule has 2 N–H and O–H groups in total. The maximum absolute atomic E-state index is 12.8. The fourth-order valence-corrected chi connectivity index (χ4v) is 3.28. The Balaban J connectivity index is 1.38. The number of nitrogens with one attached hydrogen (secondary N) is 2. The number of fused-ring (bicyclic) bond motifs is 1. The minimum Gasteiger partial charge on any atom is -0.487 e. The van der Waals surface area contributed by atoms with Gasteiger partial charge in [-0.25, -0.2) is 4.98 Å². The van der Waals surface area contributed by atoms with Crippen LogP contribution in [0.1, 0.15) is 21.5 Å². The van der Waals surface area contributed by atoms with E-state index in [1.54, 1.807) is 48.8 Å². The quantitative estimate of drug-likeness (QED) is 0.417. The van der Waals surface area contributed by atoms with Crippen molar-refractivity contribution in [3.63, 3.8) is 0 Å². The Kier molecular flexibility index (Phi) is 5.19. The van der Waals surface area contributed by atoms with Crippen molar-refractivity contribution in [2.24, 2.45) is 0 Å². The molecular weight excluding hydrogens is 420 g/mol. The Morgan fingerprint density at radius 1 is 1.12 bits per heavy atom. The molecule has 1 amide bonds. The zero-order valence-electron chi connectivity index (χ0n) is 17.1. The molecule has 5 aromatic rings. The van der Waals surface area contributed by atoms with Crippen LogP contribution in [0.15, 0.2) is 73.3 Å². The van der Waals surface area contributed by atoms with Gasteiger partial charge in [-0.1, -0.05) is 12.1 Å². The second-order valence-electron chi connectivity index (χ2n) is 7.12. The summed E-state index contributed by atoms with van der Waals surface area (Å²) in [7, 11) is 0. The molecular formula is C23H16N8O2. The number of rotatable bonds is 6. The second-order valence-corrected chi connectivity index (χ2v) is 7.12. The Morgan fingerprint density at radius 2 is 2.00 bits per heavy atom. The molecule has 0 fully saturated rings. The lowest BCUT2D eigenvalue weighted by Gasteiger charge is -2.13. The summed E-state index contributed by atoms with van der Waals surface area (Å²) in [5.41, 5.74) is 4.66. The highest BCUT2D eigenvalue weighted by atomic mass is 16.5. The largest absolute Gasteiger partial charge is 0.487 e. The lowest BCUT2D eigenvalue weighted by atomic mass is 10.1. The first kappa shape index (κ1) is 19.9. The van der Waals surface area contributed by atoms with E-state index >= 15 is 0 Å². The van der Waals surface area contributed by atoms with Gasteiger partial charge in [0.25, 0.3) is 5.91 Å². The number of H-pyrrole nitrogens is 1. The first-order chi connectivity index (χ1) is 16.2. The number of nitrogens with zero attached hydrogens (tertiary/aromatic N) is 6. The van der Waals surface area contributed by atoms with Crippen molar-refractivity contribution in [3.05, 3.63) is 90.0 Å². The molecule has 0 atom stereocenters. The van der Waals surface area contributed by atoms with E-state index in [0.29, 0.717) is 33.8 Å². The number of amides is 1. The van der Waals surface area contributed by atoms with Crippen LogP contribution in [0.3, 0.4) is 0 Å². The number of benzene rings is 3. The number of imidazole rings is 1. The van der Waals surface area contributed by atoms with Crippen molar-refractivity contribution in [1.82, 2.24) is 30.2 Å². The summed E-state index contributed by atoms with van der Waals surface area (Å²) in [6, 6.07) is 19.7. The number of nitriles is 1.